The zero-order chi connectivity index (χ0) is 21.7. The molecule has 2 saturated heterocycles. The molecule has 0 saturated carbocycles. The van der Waals surface area contributed by atoms with Crippen molar-refractivity contribution in [3.05, 3.63) is 36.9 Å². The zero-order valence-electron chi connectivity index (χ0n) is 17.2. The molecule has 2 aliphatic heterocycles. The van der Waals surface area contributed by atoms with Gasteiger partial charge in [-0.1, -0.05) is 12.6 Å². The van der Waals surface area contributed by atoms with Gasteiger partial charge in [0.05, 0.1) is 4.90 Å². The van der Waals surface area contributed by atoms with Crippen molar-refractivity contribution in [3.8, 4) is 0 Å². The Labute approximate surface area is 177 Å². The minimum atomic E-state index is -3.72. The summed E-state index contributed by atoms with van der Waals surface area (Å²) in [4.78, 5) is 24.1. The minimum Gasteiger partial charge on any atom is -0.381 e. The molecule has 164 valence electrons. The molecule has 2 unspecified atom stereocenters. The van der Waals surface area contributed by atoms with Gasteiger partial charge in [-0.2, -0.15) is 4.31 Å². The highest BCUT2D eigenvalue weighted by Crippen LogP contribution is 2.27. The predicted octanol–water partition coefficient (Wildman–Crippen LogP) is 1.90. The molecule has 2 amide bonds. The Balaban J connectivity index is 1.69. The lowest BCUT2D eigenvalue weighted by Gasteiger charge is -2.36. The molecule has 1 aromatic carbocycles. The number of nitrogens with zero attached hydrogens (tertiary/aromatic N) is 1. The second-order valence-electron chi connectivity index (χ2n) is 7.80. The lowest BCUT2D eigenvalue weighted by Crippen LogP contribution is -2.50. The van der Waals surface area contributed by atoms with E-state index >= 15 is 0 Å². The van der Waals surface area contributed by atoms with Gasteiger partial charge in [0.15, 0.2) is 0 Å². The number of amides is 2. The predicted molar refractivity (Wildman–Crippen MR) is 113 cm³/mol. The molecule has 2 N–H and O–H groups in total. The molecule has 0 aromatic heterocycles. The zero-order valence-corrected chi connectivity index (χ0v) is 18.0. The van der Waals surface area contributed by atoms with E-state index in [9.17, 15) is 18.0 Å². The number of hydrogen-bond acceptors (Lipinski definition) is 5. The number of sulfonamides is 1. The first kappa shape index (κ1) is 22.5. The monoisotopic (exact) mass is 435 g/mol. The van der Waals surface area contributed by atoms with E-state index in [4.69, 9.17) is 4.74 Å². The van der Waals surface area contributed by atoms with Gasteiger partial charge in [-0.25, -0.2) is 8.42 Å². The molecule has 3 rings (SSSR count). The molecule has 0 radical (unpaired) electrons. The van der Waals surface area contributed by atoms with Gasteiger partial charge >= 0.3 is 0 Å². The number of anilines is 1. The van der Waals surface area contributed by atoms with Crippen LogP contribution in [-0.4, -0.2) is 56.4 Å². The van der Waals surface area contributed by atoms with Crippen LogP contribution in [0.1, 0.15) is 32.6 Å². The number of benzene rings is 1. The first-order chi connectivity index (χ1) is 14.3. The van der Waals surface area contributed by atoms with Crippen molar-refractivity contribution in [3.63, 3.8) is 0 Å². The van der Waals surface area contributed by atoms with Crippen LogP contribution >= 0.6 is 0 Å². The Morgan fingerprint density at radius 1 is 1.23 bits per heavy atom. The third-order valence-corrected chi connectivity index (χ3v) is 7.66. The quantitative estimate of drug-likeness (QED) is 0.664. The van der Waals surface area contributed by atoms with Gasteiger partial charge in [0.2, 0.25) is 21.8 Å². The first-order valence-corrected chi connectivity index (χ1v) is 11.7. The Hall–Kier alpha value is -2.23. The van der Waals surface area contributed by atoms with E-state index in [2.05, 4.69) is 17.2 Å². The Morgan fingerprint density at radius 3 is 2.63 bits per heavy atom. The molecular weight excluding hydrogens is 406 g/mol. The summed E-state index contributed by atoms with van der Waals surface area (Å²) in [6.07, 6.45) is 3.60. The molecule has 0 aliphatic carbocycles. The van der Waals surface area contributed by atoms with E-state index in [0.29, 0.717) is 51.1 Å². The fourth-order valence-corrected chi connectivity index (χ4v) is 5.68. The topological polar surface area (TPSA) is 105 Å². The summed E-state index contributed by atoms with van der Waals surface area (Å²) in [5.74, 6) is -0.486. The van der Waals surface area contributed by atoms with E-state index in [1.54, 1.807) is 12.1 Å². The van der Waals surface area contributed by atoms with E-state index in [1.165, 1.54) is 22.5 Å². The maximum atomic E-state index is 13.2. The van der Waals surface area contributed by atoms with Crippen molar-refractivity contribution in [2.75, 3.05) is 25.1 Å². The summed E-state index contributed by atoms with van der Waals surface area (Å²) in [7, 11) is -3.72. The lowest BCUT2D eigenvalue weighted by molar-refractivity contribution is -0.122. The van der Waals surface area contributed by atoms with Gasteiger partial charge in [-0.3, -0.25) is 9.59 Å². The van der Waals surface area contributed by atoms with Crippen molar-refractivity contribution in [2.45, 2.75) is 49.6 Å². The third-order valence-electron chi connectivity index (χ3n) is 5.65. The van der Waals surface area contributed by atoms with Gasteiger partial charge in [0.25, 0.3) is 0 Å². The summed E-state index contributed by atoms with van der Waals surface area (Å²) >= 11 is 0. The minimum absolute atomic E-state index is 0.0814. The van der Waals surface area contributed by atoms with Gasteiger partial charge < -0.3 is 15.4 Å². The van der Waals surface area contributed by atoms with E-state index in [1.807, 2.05) is 6.92 Å². The SMILES string of the molecule is C=CC(=O)NC1CCN(S(=O)(=O)c2cccc(NC(=O)C3CCOCC3)c2)C(C)C1. The summed E-state index contributed by atoms with van der Waals surface area (Å²) in [6.45, 7) is 6.71. The molecular formula is C21H29N3O5S. The van der Waals surface area contributed by atoms with Crippen LogP contribution < -0.4 is 10.6 Å². The fourth-order valence-electron chi connectivity index (χ4n) is 3.97. The molecule has 2 atom stereocenters. The number of hydrogen-bond donors (Lipinski definition) is 2. The van der Waals surface area contributed by atoms with E-state index in [-0.39, 0.29) is 34.7 Å². The smallest absolute Gasteiger partial charge is 0.243 e. The standard InChI is InChI=1S/C21H29N3O5S/c1-3-20(25)22-18-7-10-24(15(2)13-18)30(27,28)19-6-4-5-17(14-19)23-21(26)16-8-11-29-12-9-16/h3-6,14-16,18H,1,7-13H2,2H3,(H,22,25)(H,23,26). The number of nitrogens with one attached hydrogen (secondary N) is 2. The van der Waals surface area contributed by atoms with Crippen LogP contribution in [0.25, 0.3) is 0 Å². The number of carbonyl (C=O) groups excluding carboxylic acids is 2. The van der Waals surface area contributed by atoms with Crippen LogP contribution in [0.3, 0.4) is 0 Å². The number of rotatable bonds is 6. The highest BCUT2D eigenvalue weighted by atomic mass is 32.2. The highest BCUT2D eigenvalue weighted by Gasteiger charge is 2.35. The second-order valence-corrected chi connectivity index (χ2v) is 9.69. The largest absolute Gasteiger partial charge is 0.381 e. The maximum absolute atomic E-state index is 13.2. The fraction of sp³-hybridized carbons (Fsp3) is 0.524. The van der Waals surface area contributed by atoms with Crippen LogP contribution in [0.5, 0.6) is 0 Å². The number of piperidine rings is 1. The average Bonchev–Trinajstić information content (AvgIpc) is 2.74. The van der Waals surface area contributed by atoms with Gasteiger partial charge in [0, 0.05) is 43.4 Å². The van der Waals surface area contributed by atoms with Crippen LogP contribution in [0.2, 0.25) is 0 Å². The maximum Gasteiger partial charge on any atom is 0.243 e. The van der Waals surface area contributed by atoms with Crippen LogP contribution in [0.4, 0.5) is 5.69 Å². The van der Waals surface area contributed by atoms with Crippen molar-refractivity contribution in [2.24, 2.45) is 5.92 Å². The molecule has 0 bridgehead atoms. The summed E-state index contributed by atoms with van der Waals surface area (Å²) in [6, 6.07) is 6.02. The number of ether oxygens (including phenoxy) is 1. The molecule has 2 fully saturated rings. The highest BCUT2D eigenvalue weighted by molar-refractivity contribution is 7.89. The van der Waals surface area contributed by atoms with Crippen LogP contribution in [0.15, 0.2) is 41.8 Å². The molecule has 9 heteroatoms. The van der Waals surface area contributed by atoms with Crippen molar-refractivity contribution in [1.29, 1.82) is 0 Å². The Kier molecular flexibility index (Phi) is 7.27. The first-order valence-electron chi connectivity index (χ1n) is 10.2. The second kappa shape index (κ2) is 9.72. The summed E-state index contributed by atoms with van der Waals surface area (Å²) in [5, 5.41) is 5.68. The summed E-state index contributed by atoms with van der Waals surface area (Å²) in [5.41, 5.74) is 0.466. The molecule has 8 nitrogen and oxygen atoms in total. The van der Waals surface area contributed by atoms with E-state index < -0.39 is 10.0 Å². The Morgan fingerprint density at radius 2 is 1.97 bits per heavy atom. The number of carbonyl (C=O) groups is 2. The van der Waals surface area contributed by atoms with Gasteiger partial charge in [-0.05, 0) is 56.9 Å². The van der Waals surface area contributed by atoms with Crippen molar-refractivity contribution in [1.82, 2.24) is 9.62 Å². The van der Waals surface area contributed by atoms with Gasteiger partial charge in [0.1, 0.15) is 0 Å². The molecule has 1 aromatic rings. The Bertz CT molecular complexity index is 896. The van der Waals surface area contributed by atoms with Crippen LogP contribution in [0, 0.1) is 5.92 Å². The normalized spacial score (nSPS) is 23.5. The van der Waals surface area contributed by atoms with E-state index in [0.717, 1.165) is 0 Å². The summed E-state index contributed by atoms with van der Waals surface area (Å²) < 4.78 is 33.2. The average molecular weight is 436 g/mol. The van der Waals surface area contributed by atoms with Crippen LogP contribution in [-0.2, 0) is 24.3 Å². The van der Waals surface area contributed by atoms with Crippen molar-refractivity contribution < 1.29 is 22.7 Å². The molecule has 2 heterocycles. The molecule has 30 heavy (non-hydrogen) atoms. The molecule has 2 aliphatic rings. The van der Waals surface area contributed by atoms with Crippen molar-refractivity contribution >= 4 is 27.5 Å². The lowest BCUT2D eigenvalue weighted by atomic mass is 9.99. The van der Waals surface area contributed by atoms with Gasteiger partial charge in [-0.15, -0.1) is 0 Å². The third kappa shape index (κ3) is 5.27. The molecule has 0 spiro atoms.